The maximum absolute atomic E-state index is 12.6. The first-order chi connectivity index (χ1) is 12.3. The number of hydrogen-bond acceptors (Lipinski definition) is 4. The highest BCUT2D eigenvalue weighted by atomic mass is 32.1. The Balaban J connectivity index is 1.84. The van der Waals surface area contributed by atoms with Gasteiger partial charge in [0, 0.05) is 30.7 Å². The van der Waals surface area contributed by atoms with Crippen molar-refractivity contribution in [2.45, 2.75) is 46.5 Å². The molecule has 10 heteroatoms. The van der Waals surface area contributed by atoms with Gasteiger partial charge in [0.15, 0.2) is 11.7 Å². The van der Waals surface area contributed by atoms with Crippen LogP contribution in [0, 0.1) is 13.8 Å². The van der Waals surface area contributed by atoms with E-state index < -0.39 is 11.9 Å². The quantitative estimate of drug-likeness (QED) is 0.435. The van der Waals surface area contributed by atoms with Crippen LogP contribution in [0.5, 0.6) is 0 Å². The molecule has 0 aromatic carbocycles. The summed E-state index contributed by atoms with van der Waals surface area (Å²) in [5.41, 5.74) is 1.25. The SMILES string of the molecule is CCNC(=NCc1nc(C(F)(F)F)cs1)NCCCn1nc(C)cc1C. The van der Waals surface area contributed by atoms with Crippen molar-refractivity contribution < 1.29 is 13.2 Å². The molecule has 0 spiro atoms. The van der Waals surface area contributed by atoms with E-state index in [2.05, 4.69) is 25.7 Å². The van der Waals surface area contributed by atoms with E-state index in [1.807, 2.05) is 31.5 Å². The maximum Gasteiger partial charge on any atom is 0.434 e. The molecule has 0 saturated heterocycles. The number of nitrogens with one attached hydrogen (secondary N) is 2. The van der Waals surface area contributed by atoms with Crippen LogP contribution in [-0.2, 0) is 19.3 Å². The molecule has 0 amide bonds. The van der Waals surface area contributed by atoms with E-state index >= 15 is 0 Å². The van der Waals surface area contributed by atoms with Crippen molar-refractivity contribution in [3.05, 3.63) is 33.5 Å². The van der Waals surface area contributed by atoms with Gasteiger partial charge < -0.3 is 10.6 Å². The third kappa shape index (κ3) is 6.01. The first kappa shape index (κ1) is 20.2. The van der Waals surface area contributed by atoms with Crippen molar-refractivity contribution in [3.63, 3.8) is 0 Å². The normalized spacial score (nSPS) is 12.5. The van der Waals surface area contributed by atoms with Gasteiger partial charge in [0.1, 0.15) is 5.01 Å². The average molecular weight is 388 g/mol. The predicted molar refractivity (Wildman–Crippen MR) is 96.3 cm³/mol. The Bertz CT molecular complexity index is 735. The number of hydrogen-bond donors (Lipinski definition) is 2. The van der Waals surface area contributed by atoms with Gasteiger partial charge in [-0.25, -0.2) is 9.98 Å². The molecule has 0 radical (unpaired) electrons. The fourth-order valence-corrected chi connectivity index (χ4v) is 3.06. The minimum Gasteiger partial charge on any atom is -0.357 e. The molecule has 2 rings (SSSR count). The van der Waals surface area contributed by atoms with Crippen LogP contribution in [0.2, 0.25) is 0 Å². The Kier molecular flexibility index (Phi) is 7.01. The molecule has 2 aromatic rings. The van der Waals surface area contributed by atoms with Gasteiger partial charge in [-0.3, -0.25) is 4.68 Å². The van der Waals surface area contributed by atoms with Crippen molar-refractivity contribution >= 4 is 17.3 Å². The third-order valence-corrected chi connectivity index (χ3v) is 4.33. The maximum atomic E-state index is 12.6. The molecule has 0 fully saturated rings. The molecular weight excluding hydrogens is 365 g/mol. The van der Waals surface area contributed by atoms with Gasteiger partial charge in [-0.1, -0.05) is 0 Å². The number of rotatable bonds is 7. The molecule has 0 aliphatic rings. The van der Waals surface area contributed by atoms with Crippen LogP contribution < -0.4 is 10.6 Å². The molecule has 0 aliphatic carbocycles. The summed E-state index contributed by atoms with van der Waals surface area (Å²) in [7, 11) is 0. The van der Waals surface area contributed by atoms with Gasteiger partial charge in [-0.2, -0.15) is 18.3 Å². The Morgan fingerprint density at radius 3 is 2.65 bits per heavy atom. The van der Waals surface area contributed by atoms with E-state index in [1.165, 1.54) is 0 Å². The predicted octanol–water partition coefficient (Wildman–Crippen LogP) is 3.12. The van der Waals surface area contributed by atoms with Crippen LogP contribution in [0.15, 0.2) is 16.4 Å². The minimum atomic E-state index is -4.41. The van der Waals surface area contributed by atoms with E-state index in [0.717, 1.165) is 41.1 Å². The van der Waals surface area contributed by atoms with E-state index in [1.54, 1.807) is 0 Å². The zero-order valence-corrected chi connectivity index (χ0v) is 15.8. The summed E-state index contributed by atoms with van der Waals surface area (Å²) in [5.74, 6) is 0.560. The standard InChI is InChI=1S/C16H23F3N6S/c1-4-20-15(21-6-5-7-25-12(3)8-11(2)24-25)22-9-14-23-13(10-26-14)16(17,18)19/h8,10H,4-7,9H2,1-3H3,(H2,20,21,22). The first-order valence-electron chi connectivity index (χ1n) is 8.34. The monoisotopic (exact) mass is 388 g/mol. The van der Waals surface area contributed by atoms with E-state index in [0.29, 0.717) is 24.1 Å². The fourth-order valence-electron chi connectivity index (χ4n) is 2.34. The summed E-state index contributed by atoms with van der Waals surface area (Å²) in [6.45, 7) is 8.13. The number of guanidine groups is 1. The number of aromatic nitrogens is 3. The number of aliphatic imine (C=N–C) groups is 1. The van der Waals surface area contributed by atoms with Crippen molar-refractivity contribution in [1.82, 2.24) is 25.4 Å². The van der Waals surface area contributed by atoms with Gasteiger partial charge in [-0.15, -0.1) is 11.3 Å². The molecule has 6 nitrogen and oxygen atoms in total. The smallest absolute Gasteiger partial charge is 0.357 e. The van der Waals surface area contributed by atoms with Crippen molar-refractivity contribution in [2.75, 3.05) is 13.1 Å². The second kappa shape index (κ2) is 9.02. The van der Waals surface area contributed by atoms with Gasteiger partial charge in [0.2, 0.25) is 0 Å². The largest absolute Gasteiger partial charge is 0.434 e. The van der Waals surface area contributed by atoms with Gasteiger partial charge in [0.05, 0.1) is 12.2 Å². The van der Waals surface area contributed by atoms with Crippen LogP contribution in [0.4, 0.5) is 13.2 Å². The van der Waals surface area contributed by atoms with Gasteiger partial charge in [0.25, 0.3) is 0 Å². The molecule has 26 heavy (non-hydrogen) atoms. The van der Waals surface area contributed by atoms with E-state index in [4.69, 9.17) is 0 Å². The molecule has 2 aromatic heterocycles. The minimum absolute atomic E-state index is 0.105. The second-order valence-electron chi connectivity index (χ2n) is 5.75. The molecular formula is C16H23F3N6S. The lowest BCUT2D eigenvalue weighted by Gasteiger charge is -2.11. The topological polar surface area (TPSA) is 67.1 Å². The Morgan fingerprint density at radius 2 is 2.08 bits per heavy atom. The second-order valence-corrected chi connectivity index (χ2v) is 6.69. The van der Waals surface area contributed by atoms with Crippen molar-refractivity contribution in [1.29, 1.82) is 0 Å². The summed E-state index contributed by atoms with van der Waals surface area (Å²) in [5, 5.41) is 12.0. The zero-order valence-electron chi connectivity index (χ0n) is 15.0. The van der Waals surface area contributed by atoms with Crippen LogP contribution in [-0.4, -0.2) is 33.8 Å². The van der Waals surface area contributed by atoms with Crippen molar-refractivity contribution in [2.24, 2.45) is 4.99 Å². The van der Waals surface area contributed by atoms with Crippen LogP contribution >= 0.6 is 11.3 Å². The lowest BCUT2D eigenvalue weighted by Crippen LogP contribution is -2.38. The number of nitrogens with zero attached hydrogens (tertiary/aromatic N) is 4. The molecule has 2 N–H and O–H groups in total. The highest BCUT2D eigenvalue weighted by Gasteiger charge is 2.33. The lowest BCUT2D eigenvalue weighted by atomic mass is 10.4. The number of halogens is 3. The number of thiazole rings is 1. The Labute approximate surface area is 154 Å². The molecule has 0 saturated carbocycles. The van der Waals surface area contributed by atoms with Crippen molar-refractivity contribution in [3.8, 4) is 0 Å². The number of alkyl halides is 3. The van der Waals surface area contributed by atoms with Crippen LogP contribution in [0.1, 0.15) is 35.4 Å². The van der Waals surface area contributed by atoms with E-state index in [-0.39, 0.29) is 6.54 Å². The molecule has 0 atom stereocenters. The fraction of sp³-hybridized carbons (Fsp3) is 0.562. The third-order valence-electron chi connectivity index (χ3n) is 3.50. The summed E-state index contributed by atoms with van der Waals surface area (Å²) < 4.78 is 39.7. The van der Waals surface area contributed by atoms with Gasteiger partial charge in [-0.05, 0) is 33.3 Å². The Hall–Kier alpha value is -2.10. The summed E-state index contributed by atoms with van der Waals surface area (Å²) in [6, 6.07) is 2.03. The molecule has 0 unspecified atom stereocenters. The zero-order chi connectivity index (χ0) is 19.2. The first-order valence-corrected chi connectivity index (χ1v) is 9.22. The molecule has 2 heterocycles. The van der Waals surface area contributed by atoms with Crippen LogP contribution in [0.3, 0.4) is 0 Å². The summed E-state index contributed by atoms with van der Waals surface area (Å²) in [4.78, 5) is 7.88. The molecule has 0 bridgehead atoms. The van der Waals surface area contributed by atoms with Gasteiger partial charge >= 0.3 is 6.18 Å². The lowest BCUT2D eigenvalue weighted by molar-refractivity contribution is -0.140. The van der Waals surface area contributed by atoms with E-state index in [9.17, 15) is 13.2 Å². The highest BCUT2D eigenvalue weighted by Crippen LogP contribution is 2.30. The summed E-state index contributed by atoms with van der Waals surface area (Å²) >= 11 is 0.961. The van der Waals surface area contributed by atoms with Crippen LogP contribution in [0.25, 0.3) is 0 Å². The summed E-state index contributed by atoms with van der Waals surface area (Å²) in [6.07, 6.45) is -3.56. The molecule has 144 valence electrons. The number of aryl methyl sites for hydroxylation is 3. The molecule has 0 aliphatic heterocycles. The highest BCUT2D eigenvalue weighted by molar-refractivity contribution is 7.09. The average Bonchev–Trinajstić information content (AvgIpc) is 3.15. The Morgan fingerprint density at radius 1 is 1.31 bits per heavy atom.